The second-order valence-electron chi connectivity index (χ2n) is 16.8. The summed E-state index contributed by atoms with van der Waals surface area (Å²) in [5.74, 6) is 0.484. The number of hydrogen-bond acceptors (Lipinski definition) is 0. The molecule has 0 heteroatoms. The van der Waals surface area contributed by atoms with Gasteiger partial charge in [0.15, 0.2) is 0 Å². The highest BCUT2D eigenvalue weighted by Crippen LogP contribution is 2.49. The van der Waals surface area contributed by atoms with Crippen molar-refractivity contribution in [2.45, 2.75) is 66.2 Å². The fraction of sp³-hybridized carbons (Fsp3) is 0.167. The van der Waals surface area contributed by atoms with Crippen LogP contribution in [0.4, 0.5) is 0 Å². The molecule has 9 rings (SSSR count). The van der Waals surface area contributed by atoms with Gasteiger partial charge in [0.25, 0.3) is 0 Å². The number of aryl methyl sites for hydroxylation is 2. The molecule has 8 aromatic carbocycles. The molecule has 0 N–H and O–H groups in total. The molecule has 0 fully saturated rings. The van der Waals surface area contributed by atoms with Crippen LogP contribution < -0.4 is 0 Å². The summed E-state index contributed by atoms with van der Waals surface area (Å²) in [5, 5.41) is 0. The fourth-order valence-electron chi connectivity index (χ4n) is 8.77. The highest BCUT2D eigenvalue weighted by molar-refractivity contribution is 5.82. The van der Waals surface area contributed by atoms with E-state index in [4.69, 9.17) is 0 Å². The summed E-state index contributed by atoms with van der Waals surface area (Å²) in [4.78, 5) is 0. The zero-order chi connectivity index (χ0) is 40.9. The summed E-state index contributed by atoms with van der Waals surface area (Å²) in [6, 6.07) is 70.4. The number of hydrogen-bond donors (Lipinski definition) is 0. The topological polar surface area (TPSA) is 0 Å². The lowest BCUT2D eigenvalue weighted by atomic mass is 9.81. The molecule has 1 aliphatic rings. The van der Waals surface area contributed by atoms with Crippen molar-refractivity contribution in [1.82, 2.24) is 0 Å². The minimum atomic E-state index is 0. The van der Waals surface area contributed by atoms with Gasteiger partial charge in [-0.05, 0) is 128 Å². The van der Waals surface area contributed by atoms with Crippen LogP contribution in [0.3, 0.4) is 0 Å². The van der Waals surface area contributed by atoms with Crippen molar-refractivity contribution < 1.29 is 0 Å². The van der Waals surface area contributed by atoms with Crippen molar-refractivity contribution in [3.8, 4) is 44.5 Å². The van der Waals surface area contributed by atoms with Gasteiger partial charge in [-0.1, -0.05) is 228 Å². The van der Waals surface area contributed by atoms with Crippen molar-refractivity contribution in [1.29, 1.82) is 0 Å². The van der Waals surface area contributed by atoms with Crippen molar-refractivity contribution in [2.24, 2.45) is 0 Å². The van der Waals surface area contributed by atoms with Crippen LogP contribution in [0.25, 0.3) is 50.1 Å². The molecule has 1 unspecified atom stereocenters. The normalized spacial score (nSPS) is 12.6. The third-order valence-corrected chi connectivity index (χ3v) is 12.3. The van der Waals surface area contributed by atoms with Crippen molar-refractivity contribution >= 4 is 5.57 Å². The first-order valence-corrected chi connectivity index (χ1v) is 21.0. The third kappa shape index (κ3) is 8.90. The summed E-state index contributed by atoms with van der Waals surface area (Å²) >= 11 is 0. The van der Waals surface area contributed by atoms with E-state index < -0.39 is 0 Å². The Morgan fingerprint density at radius 3 is 1.77 bits per heavy atom. The van der Waals surface area contributed by atoms with Gasteiger partial charge >= 0.3 is 0 Å². The first-order chi connectivity index (χ1) is 28.7. The minimum Gasteiger partial charge on any atom is -0.0949 e. The van der Waals surface area contributed by atoms with Gasteiger partial charge in [0.1, 0.15) is 0 Å². The quantitative estimate of drug-likeness (QED) is 0.137. The fourth-order valence-corrected chi connectivity index (χ4v) is 8.77. The summed E-state index contributed by atoms with van der Waals surface area (Å²) < 4.78 is 0. The van der Waals surface area contributed by atoms with Gasteiger partial charge in [0, 0.05) is 5.41 Å². The van der Waals surface area contributed by atoms with Gasteiger partial charge in [-0.25, -0.2) is 0 Å². The molecular formula is C60H58. The van der Waals surface area contributed by atoms with Crippen LogP contribution in [0.5, 0.6) is 0 Å². The van der Waals surface area contributed by atoms with E-state index in [1.807, 2.05) is 0 Å². The standard InChI is InChI=1S/C30H26.C29H28.CH4/c1-21(23-14-16-25(17-15-23)24-9-5-4-6-10-24)19-22-13-18-27-26-11-7-8-12-28(26)30(2,3)29(27)20-22;1-21-13-16-25(17-14-21)26-18-15-22(2)29(20-26)28-12-8-7-11-27(28)19-23(3)24-9-5-4-6-10-24;/h4-18,20H,1,19H2,2-3H3;4-18,20,23H,19H2,1-3H3;1H4. The van der Waals surface area contributed by atoms with E-state index in [1.165, 1.54) is 89.0 Å². The molecule has 0 spiro atoms. The SMILES string of the molecule is C.C=C(Cc1ccc2c(c1)C(C)(C)c1ccccc1-2)c1ccc(-c2ccccc2)cc1.Cc1ccc(-c2ccc(C)c(-c3ccccc3CC(C)c3ccccc3)c2)cc1. The van der Waals surface area contributed by atoms with Gasteiger partial charge < -0.3 is 0 Å². The molecule has 0 saturated carbocycles. The van der Waals surface area contributed by atoms with E-state index in [-0.39, 0.29) is 12.8 Å². The van der Waals surface area contributed by atoms with Crippen LogP contribution >= 0.6 is 0 Å². The molecule has 1 atom stereocenters. The molecular weight excluding hydrogens is 721 g/mol. The zero-order valence-electron chi connectivity index (χ0n) is 35.2. The van der Waals surface area contributed by atoms with Crippen LogP contribution in [0, 0.1) is 13.8 Å². The Balaban J connectivity index is 0.000000179. The van der Waals surface area contributed by atoms with E-state index in [1.54, 1.807) is 0 Å². The molecule has 8 aromatic rings. The first-order valence-electron chi connectivity index (χ1n) is 21.0. The summed E-state index contributed by atoms with van der Waals surface area (Å²) in [5.41, 5.74) is 22.5. The number of benzene rings is 8. The number of allylic oxidation sites excluding steroid dienone is 1. The molecule has 0 aromatic heterocycles. The summed E-state index contributed by atoms with van der Waals surface area (Å²) in [6.07, 6.45) is 1.90. The predicted octanol–water partition coefficient (Wildman–Crippen LogP) is 16.5. The van der Waals surface area contributed by atoms with Crippen molar-refractivity contribution in [3.63, 3.8) is 0 Å². The molecule has 0 amide bonds. The Bertz CT molecular complexity index is 2690. The average Bonchev–Trinajstić information content (AvgIpc) is 3.50. The molecule has 298 valence electrons. The van der Waals surface area contributed by atoms with E-state index in [9.17, 15) is 0 Å². The Labute approximate surface area is 360 Å². The number of rotatable bonds is 9. The summed E-state index contributed by atoms with van der Waals surface area (Å²) in [6.45, 7) is 15.7. The molecule has 0 saturated heterocycles. The summed E-state index contributed by atoms with van der Waals surface area (Å²) in [7, 11) is 0. The second kappa shape index (κ2) is 18.2. The number of fused-ring (bicyclic) bond motifs is 3. The first kappa shape index (κ1) is 41.7. The highest BCUT2D eigenvalue weighted by Gasteiger charge is 2.35. The maximum Gasteiger partial charge on any atom is 0.0158 e. The maximum atomic E-state index is 4.39. The molecule has 0 heterocycles. The van der Waals surface area contributed by atoms with E-state index >= 15 is 0 Å². The maximum absolute atomic E-state index is 4.39. The minimum absolute atomic E-state index is 0. The van der Waals surface area contributed by atoms with Gasteiger partial charge in [0.05, 0.1) is 0 Å². The molecule has 0 nitrogen and oxygen atoms in total. The Kier molecular flexibility index (Phi) is 12.6. The lowest BCUT2D eigenvalue weighted by molar-refractivity contribution is 0.659. The van der Waals surface area contributed by atoms with Gasteiger partial charge in [-0.3, -0.25) is 0 Å². The molecule has 0 aliphatic heterocycles. The van der Waals surface area contributed by atoms with Crippen LogP contribution in [0.2, 0.25) is 0 Å². The second-order valence-corrected chi connectivity index (χ2v) is 16.8. The van der Waals surface area contributed by atoms with E-state index in [0.29, 0.717) is 5.92 Å². The Morgan fingerprint density at radius 2 is 1.05 bits per heavy atom. The van der Waals surface area contributed by atoms with E-state index in [0.717, 1.165) is 18.4 Å². The van der Waals surface area contributed by atoms with Crippen LogP contribution in [-0.4, -0.2) is 0 Å². The van der Waals surface area contributed by atoms with Crippen LogP contribution in [0.15, 0.2) is 201 Å². The highest BCUT2D eigenvalue weighted by atomic mass is 14.4. The third-order valence-electron chi connectivity index (χ3n) is 12.3. The molecule has 0 bridgehead atoms. The molecule has 0 radical (unpaired) electrons. The lowest BCUT2D eigenvalue weighted by Crippen LogP contribution is -2.15. The predicted molar refractivity (Wildman–Crippen MR) is 261 cm³/mol. The van der Waals surface area contributed by atoms with Gasteiger partial charge in [-0.15, -0.1) is 0 Å². The van der Waals surface area contributed by atoms with Crippen LogP contribution in [-0.2, 0) is 18.3 Å². The van der Waals surface area contributed by atoms with Gasteiger partial charge in [-0.2, -0.15) is 0 Å². The van der Waals surface area contributed by atoms with Gasteiger partial charge in [0.2, 0.25) is 0 Å². The molecule has 1 aliphatic carbocycles. The largest absolute Gasteiger partial charge is 0.0949 e. The van der Waals surface area contributed by atoms with E-state index in [2.05, 4.69) is 235 Å². The molecule has 60 heavy (non-hydrogen) atoms. The zero-order valence-corrected chi connectivity index (χ0v) is 35.2. The van der Waals surface area contributed by atoms with Crippen LogP contribution in [0.1, 0.15) is 78.6 Å². The lowest BCUT2D eigenvalue weighted by Gasteiger charge is -2.22. The monoisotopic (exact) mass is 778 g/mol. The Hall–Kier alpha value is -6.50. The van der Waals surface area contributed by atoms with Crippen molar-refractivity contribution in [2.75, 3.05) is 0 Å². The average molecular weight is 779 g/mol. The smallest absolute Gasteiger partial charge is 0.0158 e. The van der Waals surface area contributed by atoms with Crippen molar-refractivity contribution in [3.05, 3.63) is 245 Å². The Morgan fingerprint density at radius 1 is 0.500 bits per heavy atom.